The van der Waals surface area contributed by atoms with Crippen molar-refractivity contribution in [3.63, 3.8) is 0 Å². The molecule has 25 heavy (non-hydrogen) atoms. The van der Waals surface area contributed by atoms with E-state index >= 15 is 0 Å². The Hall–Kier alpha value is -1.55. The van der Waals surface area contributed by atoms with Crippen LogP contribution in [0.3, 0.4) is 0 Å². The molecule has 0 bridgehead atoms. The number of hydrogen-bond donors (Lipinski definition) is 1. The molecule has 0 saturated carbocycles. The molecule has 1 aliphatic heterocycles. The molecular formula is C21H35N3O. The van der Waals surface area contributed by atoms with E-state index in [4.69, 9.17) is 4.74 Å². The Morgan fingerprint density at radius 1 is 1.32 bits per heavy atom. The van der Waals surface area contributed by atoms with Gasteiger partial charge in [0.2, 0.25) is 0 Å². The third-order valence-electron chi connectivity index (χ3n) is 5.27. The molecule has 4 heteroatoms. The van der Waals surface area contributed by atoms with E-state index in [-0.39, 0.29) is 5.41 Å². The Balaban J connectivity index is 1.85. The Bertz CT molecular complexity index is 562. The number of nitrogens with zero attached hydrogens (tertiary/aromatic N) is 2. The molecule has 0 radical (unpaired) electrons. The highest BCUT2D eigenvalue weighted by Gasteiger charge is 2.22. The first-order valence-electron chi connectivity index (χ1n) is 9.49. The number of benzene rings is 1. The van der Waals surface area contributed by atoms with Gasteiger partial charge in [0.1, 0.15) is 0 Å². The summed E-state index contributed by atoms with van der Waals surface area (Å²) >= 11 is 0. The molecule has 1 saturated heterocycles. The lowest BCUT2D eigenvalue weighted by atomic mass is 9.84. The zero-order chi connectivity index (χ0) is 18.3. The normalized spacial score (nSPS) is 16.8. The van der Waals surface area contributed by atoms with Crippen molar-refractivity contribution in [1.82, 2.24) is 10.2 Å². The van der Waals surface area contributed by atoms with Gasteiger partial charge in [0.15, 0.2) is 5.96 Å². The van der Waals surface area contributed by atoms with E-state index in [2.05, 4.69) is 67.3 Å². The van der Waals surface area contributed by atoms with E-state index in [9.17, 15) is 0 Å². The molecule has 2 rings (SSSR count). The zero-order valence-corrected chi connectivity index (χ0v) is 16.6. The molecule has 1 fully saturated rings. The predicted octanol–water partition coefficient (Wildman–Crippen LogP) is 3.60. The lowest BCUT2D eigenvalue weighted by Crippen LogP contribution is -2.44. The summed E-state index contributed by atoms with van der Waals surface area (Å²) in [5.41, 5.74) is 2.73. The average molecular weight is 346 g/mol. The van der Waals surface area contributed by atoms with Gasteiger partial charge in [-0.3, -0.25) is 4.99 Å². The van der Waals surface area contributed by atoms with E-state index < -0.39 is 0 Å². The molecule has 1 heterocycles. The number of aryl methyl sites for hydroxylation is 1. The monoisotopic (exact) mass is 345 g/mol. The first-order chi connectivity index (χ1) is 11.9. The fourth-order valence-corrected chi connectivity index (χ4v) is 3.37. The third-order valence-corrected chi connectivity index (χ3v) is 5.27. The smallest absolute Gasteiger partial charge is 0.193 e. The number of nitrogens with one attached hydrogen (secondary N) is 1. The molecule has 1 N–H and O–H groups in total. The fourth-order valence-electron chi connectivity index (χ4n) is 3.37. The second-order valence-electron chi connectivity index (χ2n) is 7.92. The summed E-state index contributed by atoms with van der Waals surface area (Å²) in [6, 6.07) is 8.78. The first-order valence-corrected chi connectivity index (χ1v) is 9.49. The molecule has 0 aliphatic carbocycles. The minimum atomic E-state index is 0.0590. The van der Waals surface area contributed by atoms with Crippen LogP contribution in [0.1, 0.15) is 44.2 Å². The topological polar surface area (TPSA) is 36.9 Å². The van der Waals surface area contributed by atoms with Crippen LogP contribution in [0, 0.1) is 12.8 Å². The van der Waals surface area contributed by atoms with Gasteiger partial charge in [0.25, 0.3) is 0 Å². The summed E-state index contributed by atoms with van der Waals surface area (Å²) in [6.45, 7) is 10.5. The van der Waals surface area contributed by atoms with Crippen LogP contribution in [0.2, 0.25) is 0 Å². The van der Waals surface area contributed by atoms with Gasteiger partial charge in [0.05, 0.1) is 0 Å². The minimum Gasteiger partial charge on any atom is -0.381 e. The van der Waals surface area contributed by atoms with Gasteiger partial charge in [-0.2, -0.15) is 0 Å². The van der Waals surface area contributed by atoms with Crippen molar-refractivity contribution in [1.29, 1.82) is 0 Å². The van der Waals surface area contributed by atoms with Crippen LogP contribution >= 0.6 is 0 Å². The van der Waals surface area contributed by atoms with Crippen molar-refractivity contribution >= 4 is 5.96 Å². The molecule has 1 aromatic carbocycles. The fraction of sp³-hybridized carbons (Fsp3) is 0.667. The van der Waals surface area contributed by atoms with Crippen LogP contribution in [0.25, 0.3) is 0 Å². The van der Waals surface area contributed by atoms with Crippen molar-refractivity contribution in [2.45, 2.75) is 45.4 Å². The average Bonchev–Trinajstić information content (AvgIpc) is 2.61. The van der Waals surface area contributed by atoms with Crippen molar-refractivity contribution in [2.24, 2.45) is 10.9 Å². The maximum atomic E-state index is 5.45. The molecule has 0 atom stereocenters. The minimum absolute atomic E-state index is 0.0590. The molecular weight excluding hydrogens is 310 g/mol. The van der Waals surface area contributed by atoms with Crippen LogP contribution < -0.4 is 5.32 Å². The molecule has 0 unspecified atom stereocenters. The van der Waals surface area contributed by atoms with Gasteiger partial charge in [-0.25, -0.2) is 0 Å². The quantitative estimate of drug-likeness (QED) is 0.632. The largest absolute Gasteiger partial charge is 0.381 e. The number of hydrogen-bond acceptors (Lipinski definition) is 2. The van der Waals surface area contributed by atoms with Crippen molar-refractivity contribution < 1.29 is 4.74 Å². The highest BCUT2D eigenvalue weighted by molar-refractivity contribution is 5.79. The Labute approximate surface area is 153 Å². The summed E-state index contributed by atoms with van der Waals surface area (Å²) in [7, 11) is 4.00. The Morgan fingerprint density at radius 2 is 2.04 bits per heavy atom. The lowest BCUT2D eigenvalue weighted by molar-refractivity contribution is 0.0625. The Morgan fingerprint density at radius 3 is 2.68 bits per heavy atom. The van der Waals surface area contributed by atoms with E-state index in [0.717, 1.165) is 38.2 Å². The van der Waals surface area contributed by atoms with Gasteiger partial charge in [-0.15, -0.1) is 0 Å². The summed E-state index contributed by atoms with van der Waals surface area (Å²) < 4.78 is 5.45. The first kappa shape index (κ1) is 19.8. The number of ether oxygens (including phenoxy) is 1. The van der Waals surface area contributed by atoms with Gasteiger partial charge in [0, 0.05) is 45.8 Å². The van der Waals surface area contributed by atoms with Gasteiger partial charge < -0.3 is 15.0 Å². The maximum Gasteiger partial charge on any atom is 0.193 e. The molecule has 1 aliphatic rings. The summed E-state index contributed by atoms with van der Waals surface area (Å²) in [5, 5.41) is 3.57. The van der Waals surface area contributed by atoms with Crippen molar-refractivity contribution in [3.8, 4) is 0 Å². The third kappa shape index (κ3) is 6.03. The number of rotatable bonds is 6. The Kier molecular flexibility index (Phi) is 7.30. The molecule has 1 aromatic rings. The SMILES string of the molecule is CN=C(NCC(C)(C)c1cccc(C)c1)N(C)CCC1CCOCC1. The van der Waals surface area contributed by atoms with Gasteiger partial charge >= 0.3 is 0 Å². The van der Waals surface area contributed by atoms with Gasteiger partial charge in [-0.1, -0.05) is 43.7 Å². The maximum absolute atomic E-state index is 5.45. The van der Waals surface area contributed by atoms with E-state index in [1.165, 1.54) is 30.4 Å². The predicted molar refractivity (Wildman–Crippen MR) is 106 cm³/mol. The molecule has 0 spiro atoms. The standard InChI is InChI=1S/C21H35N3O/c1-17-7-6-8-19(15-17)21(2,3)16-23-20(22-4)24(5)12-9-18-10-13-25-14-11-18/h6-8,15,18H,9-14,16H2,1-5H3,(H,22,23). The van der Waals surface area contributed by atoms with E-state index in [1.807, 2.05) is 7.05 Å². The second-order valence-corrected chi connectivity index (χ2v) is 7.92. The van der Waals surface area contributed by atoms with E-state index in [0.29, 0.717) is 0 Å². The van der Waals surface area contributed by atoms with Crippen LogP contribution in [-0.4, -0.2) is 51.3 Å². The highest BCUT2D eigenvalue weighted by Crippen LogP contribution is 2.23. The summed E-state index contributed by atoms with van der Waals surface area (Å²) in [6.07, 6.45) is 3.60. The van der Waals surface area contributed by atoms with Crippen LogP contribution in [-0.2, 0) is 10.2 Å². The number of aliphatic imine (C=N–C) groups is 1. The van der Waals surface area contributed by atoms with Crippen LogP contribution in [0.4, 0.5) is 0 Å². The summed E-state index contributed by atoms with van der Waals surface area (Å²) in [4.78, 5) is 6.72. The summed E-state index contributed by atoms with van der Waals surface area (Å²) in [5.74, 6) is 1.77. The molecule has 140 valence electrons. The van der Waals surface area contributed by atoms with Crippen molar-refractivity contribution in [3.05, 3.63) is 35.4 Å². The molecule has 4 nitrogen and oxygen atoms in total. The van der Waals surface area contributed by atoms with Crippen LogP contribution in [0.5, 0.6) is 0 Å². The molecule has 0 amide bonds. The van der Waals surface area contributed by atoms with Crippen LogP contribution in [0.15, 0.2) is 29.3 Å². The van der Waals surface area contributed by atoms with E-state index in [1.54, 1.807) is 0 Å². The zero-order valence-electron chi connectivity index (χ0n) is 16.6. The molecule has 0 aromatic heterocycles. The number of guanidine groups is 1. The highest BCUT2D eigenvalue weighted by atomic mass is 16.5. The van der Waals surface area contributed by atoms with Crippen molar-refractivity contribution in [2.75, 3.05) is 40.4 Å². The lowest BCUT2D eigenvalue weighted by Gasteiger charge is -2.30. The van der Waals surface area contributed by atoms with Gasteiger partial charge in [-0.05, 0) is 37.7 Å². The second kappa shape index (κ2) is 9.23.